The van der Waals surface area contributed by atoms with Crippen LogP contribution >= 0.6 is 11.3 Å². The molecule has 1 aromatic heterocycles. The van der Waals surface area contributed by atoms with Crippen LogP contribution in [0.1, 0.15) is 51.1 Å². The highest BCUT2D eigenvalue weighted by Crippen LogP contribution is 2.45. The molecular formula is C22H26N2O4S. The van der Waals surface area contributed by atoms with E-state index < -0.39 is 5.41 Å². The predicted octanol–water partition coefficient (Wildman–Crippen LogP) is 4.43. The van der Waals surface area contributed by atoms with Crippen molar-refractivity contribution < 1.29 is 19.1 Å². The van der Waals surface area contributed by atoms with Gasteiger partial charge in [-0.3, -0.25) is 14.5 Å². The average Bonchev–Trinajstić information content (AvgIpc) is 3.28. The second-order valence-corrected chi connectivity index (χ2v) is 8.60. The molecular weight excluding hydrogens is 388 g/mol. The van der Waals surface area contributed by atoms with Crippen molar-refractivity contribution in [2.24, 2.45) is 5.41 Å². The van der Waals surface area contributed by atoms with Gasteiger partial charge in [-0.2, -0.15) is 0 Å². The fraction of sp³-hybridized carbons (Fsp3) is 0.500. The molecule has 1 aliphatic carbocycles. The van der Waals surface area contributed by atoms with Crippen LogP contribution in [-0.4, -0.2) is 35.4 Å². The lowest BCUT2D eigenvalue weighted by molar-refractivity contribution is -0.143. The largest absolute Gasteiger partial charge is 0.493 e. The average molecular weight is 415 g/mol. The lowest BCUT2D eigenvalue weighted by Gasteiger charge is -2.30. The quantitative estimate of drug-likeness (QED) is 0.654. The molecule has 1 aliphatic heterocycles. The number of hydrogen-bond donors (Lipinski definition) is 0. The van der Waals surface area contributed by atoms with Crippen molar-refractivity contribution in [1.29, 1.82) is 0 Å². The third-order valence-corrected chi connectivity index (χ3v) is 6.82. The van der Waals surface area contributed by atoms with Crippen LogP contribution in [0.3, 0.4) is 0 Å². The second-order valence-electron chi connectivity index (χ2n) is 7.75. The third kappa shape index (κ3) is 3.75. The number of likely N-dealkylation sites (tertiary alicyclic amines) is 1. The van der Waals surface area contributed by atoms with Crippen LogP contribution in [0.2, 0.25) is 0 Å². The van der Waals surface area contributed by atoms with Crippen LogP contribution in [0.4, 0.5) is 0 Å². The van der Waals surface area contributed by atoms with Crippen molar-refractivity contribution in [2.45, 2.75) is 52.0 Å². The van der Waals surface area contributed by atoms with E-state index in [9.17, 15) is 9.59 Å². The summed E-state index contributed by atoms with van der Waals surface area (Å²) in [6.45, 7) is 2.75. The van der Waals surface area contributed by atoms with Gasteiger partial charge in [0.15, 0.2) is 11.5 Å². The van der Waals surface area contributed by atoms with Gasteiger partial charge >= 0.3 is 0 Å². The number of methoxy groups -OCH3 is 1. The van der Waals surface area contributed by atoms with Gasteiger partial charge in [-0.05, 0) is 38.0 Å². The Labute approximate surface area is 174 Å². The lowest BCUT2D eigenvalue weighted by Crippen LogP contribution is -2.36. The molecule has 1 spiro atoms. The normalized spacial score (nSPS) is 18.5. The number of nitrogens with zero attached hydrogens (tertiary/aromatic N) is 2. The summed E-state index contributed by atoms with van der Waals surface area (Å²) in [6, 6.07) is 5.72. The van der Waals surface area contributed by atoms with Crippen molar-refractivity contribution in [3.05, 3.63) is 29.3 Å². The summed E-state index contributed by atoms with van der Waals surface area (Å²) in [7, 11) is 1.61. The molecule has 6 nitrogen and oxygen atoms in total. The number of carbonyl (C=O) groups is 2. The number of carbonyl (C=O) groups excluding carboxylic acids is 2. The zero-order chi connectivity index (χ0) is 20.4. The minimum absolute atomic E-state index is 0.000475. The minimum atomic E-state index is -0.448. The Kier molecular flexibility index (Phi) is 5.58. The summed E-state index contributed by atoms with van der Waals surface area (Å²) in [5, 5.41) is 2.75. The van der Waals surface area contributed by atoms with Crippen LogP contribution in [0.25, 0.3) is 10.6 Å². The molecule has 1 saturated carbocycles. The number of ether oxygens (including phenoxy) is 2. The Hall–Kier alpha value is -2.41. The van der Waals surface area contributed by atoms with E-state index in [1.165, 1.54) is 16.2 Å². The molecule has 2 fully saturated rings. The molecule has 154 valence electrons. The number of amides is 2. The molecule has 0 bridgehead atoms. The van der Waals surface area contributed by atoms with Gasteiger partial charge in [0.1, 0.15) is 5.01 Å². The summed E-state index contributed by atoms with van der Waals surface area (Å²) in [5.41, 5.74) is 1.22. The zero-order valence-corrected chi connectivity index (χ0v) is 17.7. The molecule has 29 heavy (non-hydrogen) atoms. The summed E-state index contributed by atoms with van der Waals surface area (Å²) < 4.78 is 11.0. The van der Waals surface area contributed by atoms with Crippen LogP contribution < -0.4 is 9.47 Å². The summed E-state index contributed by atoms with van der Waals surface area (Å²) in [5.74, 6) is 1.29. The number of thiazole rings is 1. The maximum absolute atomic E-state index is 13.0. The standard InChI is InChI=1S/C22H26N2O4S/c1-3-28-17-8-7-15(11-18(17)27-2)20-23-16(14-29-20)13-24-19(25)12-22(21(24)26)9-5-4-6-10-22/h7-8,11,14H,3-6,9-10,12-13H2,1-2H3. The highest BCUT2D eigenvalue weighted by molar-refractivity contribution is 7.13. The van der Waals surface area contributed by atoms with Crippen LogP contribution in [-0.2, 0) is 16.1 Å². The molecule has 0 unspecified atom stereocenters. The smallest absolute Gasteiger partial charge is 0.236 e. The maximum atomic E-state index is 13.0. The lowest BCUT2D eigenvalue weighted by atomic mass is 9.73. The van der Waals surface area contributed by atoms with E-state index in [-0.39, 0.29) is 18.4 Å². The zero-order valence-electron chi connectivity index (χ0n) is 16.9. The molecule has 4 rings (SSSR count). The first-order chi connectivity index (χ1) is 14.1. The van der Waals surface area contributed by atoms with Gasteiger partial charge < -0.3 is 9.47 Å². The molecule has 2 aliphatic rings. The fourth-order valence-corrected chi connectivity index (χ4v) is 5.20. The second kappa shape index (κ2) is 8.14. The van der Waals surface area contributed by atoms with Gasteiger partial charge in [-0.25, -0.2) is 4.98 Å². The molecule has 2 aromatic rings. The first kappa shape index (κ1) is 19.9. The Balaban J connectivity index is 1.51. The highest BCUT2D eigenvalue weighted by Gasteiger charge is 2.51. The topological polar surface area (TPSA) is 68.7 Å². The molecule has 0 N–H and O–H groups in total. The van der Waals surface area contributed by atoms with Gasteiger partial charge in [0, 0.05) is 17.4 Å². The van der Waals surface area contributed by atoms with Crippen LogP contribution in [0.15, 0.2) is 23.6 Å². The number of rotatable bonds is 6. The SMILES string of the molecule is CCOc1ccc(-c2nc(CN3C(=O)CC4(CCCCC4)C3=O)cs2)cc1OC. The van der Waals surface area contributed by atoms with Crippen molar-refractivity contribution in [3.8, 4) is 22.1 Å². The molecule has 7 heteroatoms. The summed E-state index contributed by atoms with van der Waals surface area (Å²) in [6.07, 6.45) is 5.26. The van der Waals surface area contributed by atoms with Crippen molar-refractivity contribution in [3.63, 3.8) is 0 Å². The van der Waals surface area contributed by atoms with E-state index in [2.05, 4.69) is 4.98 Å². The van der Waals surface area contributed by atoms with Crippen molar-refractivity contribution >= 4 is 23.2 Å². The van der Waals surface area contributed by atoms with E-state index >= 15 is 0 Å². The third-order valence-electron chi connectivity index (χ3n) is 5.88. The van der Waals surface area contributed by atoms with Gasteiger partial charge in [-0.15, -0.1) is 11.3 Å². The van der Waals surface area contributed by atoms with E-state index in [1.54, 1.807) is 7.11 Å². The van der Waals surface area contributed by atoms with E-state index in [0.717, 1.165) is 48.4 Å². The van der Waals surface area contributed by atoms with Gasteiger partial charge in [-0.1, -0.05) is 19.3 Å². The van der Waals surface area contributed by atoms with E-state index in [4.69, 9.17) is 9.47 Å². The monoisotopic (exact) mass is 414 g/mol. The number of imide groups is 1. The fourth-order valence-electron chi connectivity index (χ4n) is 4.39. The minimum Gasteiger partial charge on any atom is -0.493 e. The summed E-state index contributed by atoms with van der Waals surface area (Å²) in [4.78, 5) is 31.7. The van der Waals surface area contributed by atoms with Crippen LogP contribution in [0, 0.1) is 5.41 Å². The first-order valence-corrected chi connectivity index (χ1v) is 11.0. The van der Waals surface area contributed by atoms with Gasteiger partial charge in [0.2, 0.25) is 11.8 Å². The molecule has 0 radical (unpaired) electrons. The van der Waals surface area contributed by atoms with Crippen molar-refractivity contribution in [2.75, 3.05) is 13.7 Å². The van der Waals surface area contributed by atoms with E-state index in [1.807, 2.05) is 30.5 Å². The van der Waals surface area contributed by atoms with Gasteiger partial charge in [0.05, 0.1) is 31.4 Å². The number of hydrogen-bond acceptors (Lipinski definition) is 6. The first-order valence-electron chi connectivity index (χ1n) is 10.2. The van der Waals surface area contributed by atoms with Crippen molar-refractivity contribution in [1.82, 2.24) is 9.88 Å². The maximum Gasteiger partial charge on any atom is 0.236 e. The molecule has 1 aromatic carbocycles. The van der Waals surface area contributed by atoms with Crippen LogP contribution in [0.5, 0.6) is 11.5 Å². The van der Waals surface area contributed by atoms with E-state index in [0.29, 0.717) is 24.5 Å². The van der Waals surface area contributed by atoms with Gasteiger partial charge in [0.25, 0.3) is 0 Å². The highest BCUT2D eigenvalue weighted by atomic mass is 32.1. The molecule has 2 heterocycles. The number of benzene rings is 1. The Morgan fingerprint density at radius 1 is 1.17 bits per heavy atom. The number of aromatic nitrogens is 1. The predicted molar refractivity (Wildman–Crippen MR) is 111 cm³/mol. The summed E-state index contributed by atoms with van der Waals surface area (Å²) >= 11 is 1.50. The molecule has 2 amide bonds. The molecule has 0 atom stereocenters. The Bertz CT molecular complexity index is 917. The Morgan fingerprint density at radius 3 is 2.69 bits per heavy atom. The molecule has 1 saturated heterocycles. The Morgan fingerprint density at radius 2 is 1.97 bits per heavy atom.